The lowest BCUT2D eigenvalue weighted by Crippen LogP contribution is -2.42. The summed E-state index contributed by atoms with van der Waals surface area (Å²) in [6.45, 7) is 6.43. The summed E-state index contributed by atoms with van der Waals surface area (Å²) in [6, 6.07) is 8.86. The molecule has 2 heterocycles. The van der Waals surface area contributed by atoms with Crippen molar-refractivity contribution >= 4 is 11.8 Å². The zero-order chi connectivity index (χ0) is 11.7. The lowest BCUT2D eigenvalue weighted by molar-refractivity contribution is -0.0194. The van der Waals surface area contributed by atoms with Crippen molar-refractivity contribution < 1.29 is 4.74 Å². The number of hydrogen-bond acceptors (Lipinski definition) is 3. The van der Waals surface area contributed by atoms with Crippen molar-refractivity contribution in [2.24, 2.45) is 0 Å². The highest BCUT2D eigenvalue weighted by Gasteiger charge is 2.26. The Kier molecular flexibility index (Phi) is 3.41. The molecule has 2 nitrogen and oxygen atoms in total. The van der Waals surface area contributed by atoms with Gasteiger partial charge in [0.25, 0.3) is 0 Å². The van der Waals surface area contributed by atoms with Crippen molar-refractivity contribution in [2.45, 2.75) is 23.8 Å². The van der Waals surface area contributed by atoms with E-state index < -0.39 is 0 Å². The minimum Gasteiger partial charge on any atom is -0.376 e. The van der Waals surface area contributed by atoms with E-state index >= 15 is 0 Å². The lowest BCUT2D eigenvalue weighted by Gasteiger charge is -2.32. The summed E-state index contributed by atoms with van der Waals surface area (Å²) in [6.07, 6.45) is 0.396. The van der Waals surface area contributed by atoms with E-state index in [0.717, 1.165) is 19.7 Å². The fourth-order valence-electron chi connectivity index (χ4n) is 2.75. The average molecular weight is 249 g/mol. The molecule has 0 bridgehead atoms. The van der Waals surface area contributed by atoms with Gasteiger partial charge in [-0.3, -0.25) is 4.90 Å². The van der Waals surface area contributed by atoms with Crippen LogP contribution in [0, 0.1) is 0 Å². The van der Waals surface area contributed by atoms with Gasteiger partial charge in [0.1, 0.15) is 0 Å². The smallest absolute Gasteiger partial charge is 0.0674 e. The number of thioether (sulfide) groups is 1. The molecule has 1 saturated heterocycles. The molecule has 1 aromatic rings. The minimum absolute atomic E-state index is 0.396. The maximum atomic E-state index is 5.60. The summed E-state index contributed by atoms with van der Waals surface area (Å²) in [7, 11) is 0. The van der Waals surface area contributed by atoms with Gasteiger partial charge in [-0.1, -0.05) is 18.2 Å². The second-order valence-electron chi connectivity index (χ2n) is 4.99. The van der Waals surface area contributed by atoms with Crippen LogP contribution in [-0.2, 0) is 4.74 Å². The molecule has 2 aliphatic rings. The molecule has 2 aliphatic heterocycles. The van der Waals surface area contributed by atoms with Crippen molar-refractivity contribution in [2.75, 3.05) is 32.0 Å². The van der Waals surface area contributed by atoms with Gasteiger partial charge in [-0.25, -0.2) is 0 Å². The molecule has 92 valence electrons. The summed E-state index contributed by atoms with van der Waals surface area (Å²) in [5.41, 5.74) is 1.55. The third-order valence-corrected chi connectivity index (χ3v) is 4.85. The summed E-state index contributed by atoms with van der Waals surface area (Å²) >= 11 is 2.01. The first-order valence-corrected chi connectivity index (χ1v) is 7.37. The van der Waals surface area contributed by atoms with E-state index in [1.807, 2.05) is 11.8 Å². The number of rotatable bonds is 2. The molecule has 1 aromatic carbocycles. The predicted molar refractivity (Wildman–Crippen MR) is 71.8 cm³/mol. The van der Waals surface area contributed by atoms with E-state index in [-0.39, 0.29) is 0 Å². The number of morpholine rings is 1. The summed E-state index contributed by atoms with van der Waals surface area (Å²) < 4.78 is 5.60. The third-order valence-electron chi connectivity index (χ3n) is 3.60. The Labute approximate surface area is 107 Å². The van der Waals surface area contributed by atoms with Crippen molar-refractivity contribution in [3.05, 3.63) is 29.8 Å². The van der Waals surface area contributed by atoms with Crippen LogP contribution in [0.3, 0.4) is 0 Å². The highest BCUT2D eigenvalue weighted by atomic mass is 32.2. The first-order chi connectivity index (χ1) is 8.33. The molecule has 3 rings (SSSR count). The Balaban J connectivity index is 1.67. The maximum Gasteiger partial charge on any atom is 0.0674 e. The monoisotopic (exact) mass is 249 g/mol. The predicted octanol–water partition coefficient (Wildman–Crippen LogP) is 2.60. The first kappa shape index (κ1) is 11.6. The van der Waals surface area contributed by atoms with Gasteiger partial charge in [0.05, 0.1) is 12.7 Å². The standard InChI is InChI=1S/C14H19NOS/c1-11-8-15(6-7-16-11)9-12-10-17-14-5-3-2-4-13(12)14/h2-5,11-12H,6-10H2,1H3. The second-order valence-corrected chi connectivity index (χ2v) is 6.05. The van der Waals surface area contributed by atoms with E-state index in [9.17, 15) is 0 Å². The lowest BCUT2D eigenvalue weighted by atomic mass is 10.0. The molecule has 0 saturated carbocycles. The van der Waals surface area contributed by atoms with E-state index in [0.29, 0.717) is 12.0 Å². The molecule has 0 amide bonds. The van der Waals surface area contributed by atoms with Crippen LogP contribution < -0.4 is 0 Å². The first-order valence-electron chi connectivity index (χ1n) is 6.38. The van der Waals surface area contributed by atoms with Crippen molar-refractivity contribution in [1.82, 2.24) is 4.90 Å². The fourth-order valence-corrected chi connectivity index (χ4v) is 3.99. The molecule has 0 spiro atoms. The van der Waals surface area contributed by atoms with Crippen molar-refractivity contribution in [1.29, 1.82) is 0 Å². The second kappa shape index (κ2) is 5.01. The summed E-state index contributed by atoms with van der Waals surface area (Å²) in [4.78, 5) is 4.04. The van der Waals surface area contributed by atoms with Crippen molar-refractivity contribution in [3.8, 4) is 0 Å². The third kappa shape index (κ3) is 2.51. The molecule has 0 N–H and O–H groups in total. The quantitative estimate of drug-likeness (QED) is 0.799. The summed E-state index contributed by atoms with van der Waals surface area (Å²) in [5.74, 6) is 1.95. The van der Waals surface area contributed by atoms with Crippen LogP contribution in [0.5, 0.6) is 0 Å². The number of ether oxygens (including phenoxy) is 1. The van der Waals surface area contributed by atoms with E-state index in [1.54, 1.807) is 5.56 Å². The molecule has 2 atom stereocenters. The molecule has 0 aromatic heterocycles. The van der Waals surface area contributed by atoms with Crippen LogP contribution in [0.15, 0.2) is 29.2 Å². The molecule has 17 heavy (non-hydrogen) atoms. The molecule has 0 aliphatic carbocycles. The molecule has 1 fully saturated rings. The minimum atomic E-state index is 0.396. The van der Waals surface area contributed by atoms with Gasteiger partial charge in [0, 0.05) is 36.2 Å². The summed E-state index contributed by atoms with van der Waals surface area (Å²) in [5, 5.41) is 0. The van der Waals surface area contributed by atoms with Gasteiger partial charge < -0.3 is 4.74 Å². The van der Waals surface area contributed by atoms with Gasteiger partial charge in [-0.15, -0.1) is 11.8 Å². The number of benzene rings is 1. The molecular formula is C14H19NOS. The zero-order valence-corrected chi connectivity index (χ0v) is 11.1. The van der Waals surface area contributed by atoms with Gasteiger partial charge in [0.15, 0.2) is 0 Å². The van der Waals surface area contributed by atoms with E-state index in [1.165, 1.54) is 17.2 Å². The Hall–Kier alpha value is -0.510. The highest BCUT2D eigenvalue weighted by molar-refractivity contribution is 7.99. The Morgan fingerprint density at radius 2 is 2.29 bits per heavy atom. The van der Waals surface area contributed by atoms with Gasteiger partial charge >= 0.3 is 0 Å². The van der Waals surface area contributed by atoms with Crippen LogP contribution in [0.1, 0.15) is 18.4 Å². The fraction of sp³-hybridized carbons (Fsp3) is 0.571. The zero-order valence-electron chi connectivity index (χ0n) is 10.3. The van der Waals surface area contributed by atoms with E-state index in [4.69, 9.17) is 4.74 Å². The Morgan fingerprint density at radius 3 is 3.18 bits per heavy atom. The van der Waals surface area contributed by atoms with Crippen LogP contribution in [0.4, 0.5) is 0 Å². The van der Waals surface area contributed by atoms with Gasteiger partial charge in [0.2, 0.25) is 0 Å². The topological polar surface area (TPSA) is 12.5 Å². The van der Waals surface area contributed by atoms with Gasteiger partial charge in [-0.2, -0.15) is 0 Å². The average Bonchev–Trinajstić information content (AvgIpc) is 2.73. The van der Waals surface area contributed by atoms with Crippen LogP contribution in [0.2, 0.25) is 0 Å². The van der Waals surface area contributed by atoms with Crippen molar-refractivity contribution in [3.63, 3.8) is 0 Å². The SMILES string of the molecule is CC1CN(CC2CSc3ccccc32)CCO1. The Morgan fingerprint density at radius 1 is 1.41 bits per heavy atom. The largest absolute Gasteiger partial charge is 0.376 e. The maximum absolute atomic E-state index is 5.60. The molecule has 3 heteroatoms. The molecule has 0 radical (unpaired) electrons. The Bertz CT molecular complexity index is 396. The number of fused-ring (bicyclic) bond motifs is 1. The molecular weight excluding hydrogens is 230 g/mol. The normalized spacial score (nSPS) is 29.2. The molecule has 2 unspecified atom stereocenters. The van der Waals surface area contributed by atoms with E-state index in [2.05, 4.69) is 36.1 Å². The highest BCUT2D eigenvalue weighted by Crippen LogP contribution is 2.39. The number of hydrogen-bond donors (Lipinski definition) is 0. The van der Waals surface area contributed by atoms with Gasteiger partial charge in [-0.05, 0) is 18.6 Å². The number of nitrogens with zero attached hydrogens (tertiary/aromatic N) is 1. The van der Waals surface area contributed by atoms with Crippen LogP contribution >= 0.6 is 11.8 Å². The van der Waals surface area contributed by atoms with Crippen LogP contribution in [-0.4, -0.2) is 43.0 Å². The van der Waals surface area contributed by atoms with Crippen LogP contribution in [0.25, 0.3) is 0 Å².